The van der Waals surface area contributed by atoms with E-state index in [0.29, 0.717) is 0 Å². The van der Waals surface area contributed by atoms with Gasteiger partial charge in [-0.2, -0.15) is 0 Å². The Balaban J connectivity index is 1.07. The molecule has 11 rings (SSSR count). The Hall–Kier alpha value is -6.90. The van der Waals surface area contributed by atoms with Crippen molar-refractivity contribution in [3.8, 4) is 33.4 Å². The van der Waals surface area contributed by atoms with E-state index in [9.17, 15) is 0 Å². The fourth-order valence-electron chi connectivity index (χ4n) is 9.63. The minimum absolute atomic E-state index is 0.212. The van der Waals surface area contributed by atoms with Crippen LogP contribution in [0.2, 0.25) is 0 Å². The zero-order valence-corrected chi connectivity index (χ0v) is 32.6. The summed E-state index contributed by atoms with van der Waals surface area (Å²) in [6, 6.07) is 64.8. The number of aryl methyl sites for hydroxylation is 2. The van der Waals surface area contributed by atoms with Crippen LogP contribution in [0.1, 0.15) is 36.1 Å². The molecule has 1 aromatic heterocycles. The average Bonchev–Trinajstić information content (AvgIpc) is 3.71. The van der Waals surface area contributed by atoms with Crippen LogP contribution in [0.3, 0.4) is 0 Å². The van der Waals surface area contributed by atoms with Gasteiger partial charge < -0.3 is 9.32 Å². The van der Waals surface area contributed by atoms with E-state index in [2.05, 4.69) is 202 Å². The lowest BCUT2D eigenvalue weighted by Gasteiger charge is -2.28. The van der Waals surface area contributed by atoms with Crippen molar-refractivity contribution in [2.24, 2.45) is 0 Å². The second-order valence-electron chi connectivity index (χ2n) is 16.3. The van der Waals surface area contributed by atoms with Crippen LogP contribution in [-0.2, 0) is 5.41 Å². The third kappa shape index (κ3) is 5.17. The zero-order chi connectivity index (χ0) is 38.4. The Labute approximate surface area is 333 Å². The molecule has 0 fully saturated rings. The first-order chi connectivity index (χ1) is 27.8. The van der Waals surface area contributed by atoms with Gasteiger partial charge in [0.2, 0.25) is 0 Å². The van der Waals surface area contributed by atoms with E-state index in [-0.39, 0.29) is 5.41 Å². The Kier molecular flexibility index (Phi) is 7.37. The van der Waals surface area contributed by atoms with E-state index in [1.54, 1.807) is 0 Å². The summed E-state index contributed by atoms with van der Waals surface area (Å²) in [5.41, 5.74) is 17.9. The summed E-state index contributed by atoms with van der Waals surface area (Å²) in [7, 11) is 0. The summed E-state index contributed by atoms with van der Waals surface area (Å²) in [6.45, 7) is 9.12. The van der Waals surface area contributed by atoms with Gasteiger partial charge in [-0.15, -0.1) is 0 Å². The van der Waals surface area contributed by atoms with Crippen LogP contribution in [0, 0.1) is 13.8 Å². The molecule has 2 heteroatoms. The summed E-state index contributed by atoms with van der Waals surface area (Å²) in [4.78, 5) is 2.40. The van der Waals surface area contributed by atoms with Crippen molar-refractivity contribution in [2.75, 3.05) is 4.90 Å². The molecule has 0 bridgehead atoms. The molecule has 57 heavy (non-hydrogen) atoms. The molecular weight excluding hydrogens is 691 g/mol. The molecule has 0 aliphatic heterocycles. The molecule has 9 aromatic carbocycles. The van der Waals surface area contributed by atoms with Gasteiger partial charge in [0, 0.05) is 33.2 Å². The molecule has 1 heterocycles. The molecule has 1 aliphatic rings. The highest BCUT2D eigenvalue weighted by Gasteiger charge is 2.36. The predicted octanol–water partition coefficient (Wildman–Crippen LogP) is 15.6. The van der Waals surface area contributed by atoms with E-state index in [1.807, 2.05) is 6.07 Å². The lowest BCUT2D eigenvalue weighted by molar-refractivity contribution is 0.660. The van der Waals surface area contributed by atoms with Crippen molar-refractivity contribution in [3.63, 3.8) is 0 Å². The monoisotopic (exact) mass is 731 g/mol. The number of para-hydroxylation sites is 1. The van der Waals surface area contributed by atoms with Crippen LogP contribution in [0.25, 0.3) is 76.9 Å². The first-order valence-electron chi connectivity index (χ1n) is 19.9. The lowest BCUT2D eigenvalue weighted by Crippen LogP contribution is -2.16. The summed E-state index contributed by atoms with van der Waals surface area (Å²) in [6.07, 6.45) is 0. The molecule has 0 radical (unpaired) electrons. The van der Waals surface area contributed by atoms with Gasteiger partial charge in [-0.05, 0) is 152 Å². The van der Waals surface area contributed by atoms with E-state index in [4.69, 9.17) is 4.42 Å². The number of anilines is 3. The van der Waals surface area contributed by atoms with Crippen molar-refractivity contribution in [1.29, 1.82) is 0 Å². The van der Waals surface area contributed by atoms with E-state index in [0.717, 1.165) is 33.3 Å². The maximum absolute atomic E-state index is 6.24. The van der Waals surface area contributed by atoms with Crippen molar-refractivity contribution < 1.29 is 4.42 Å². The molecule has 1 aliphatic carbocycles. The van der Waals surface area contributed by atoms with Crippen molar-refractivity contribution in [3.05, 3.63) is 198 Å². The van der Waals surface area contributed by atoms with Gasteiger partial charge in [-0.25, -0.2) is 0 Å². The zero-order valence-electron chi connectivity index (χ0n) is 32.6. The number of hydrogen-bond acceptors (Lipinski definition) is 2. The van der Waals surface area contributed by atoms with Crippen LogP contribution in [0.4, 0.5) is 17.1 Å². The minimum atomic E-state index is -0.212. The summed E-state index contributed by atoms with van der Waals surface area (Å²) in [5, 5.41) is 7.30. The maximum Gasteiger partial charge on any atom is 0.135 e. The highest BCUT2D eigenvalue weighted by molar-refractivity contribution is 6.22. The van der Waals surface area contributed by atoms with E-state index >= 15 is 0 Å². The van der Waals surface area contributed by atoms with Crippen molar-refractivity contribution in [2.45, 2.75) is 33.1 Å². The first-order valence-corrected chi connectivity index (χ1v) is 19.9. The number of furan rings is 1. The number of hydrogen-bond donors (Lipinski definition) is 0. The van der Waals surface area contributed by atoms with Gasteiger partial charge in [-0.3, -0.25) is 0 Å². The molecule has 0 saturated carbocycles. The Morgan fingerprint density at radius 2 is 0.860 bits per heavy atom. The van der Waals surface area contributed by atoms with Crippen LogP contribution >= 0.6 is 0 Å². The van der Waals surface area contributed by atoms with Crippen LogP contribution in [0.5, 0.6) is 0 Å². The molecule has 0 N–H and O–H groups in total. The van der Waals surface area contributed by atoms with Gasteiger partial charge in [-0.1, -0.05) is 129 Å². The predicted molar refractivity (Wildman–Crippen MR) is 241 cm³/mol. The molecule has 0 amide bonds. The molecule has 272 valence electrons. The Morgan fingerprint density at radius 3 is 1.46 bits per heavy atom. The Morgan fingerprint density at radius 1 is 0.386 bits per heavy atom. The molecule has 0 unspecified atom stereocenters. The maximum atomic E-state index is 6.24. The minimum Gasteiger partial charge on any atom is -0.456 e. The first kappa shape index (κ1) is 33.4. The third-order valence-electron chi connectivity index (χ3n) is 12.3. The van der Waals surface area contributed by atoms with Gasteiger partial charge >= 0.3 is 0 Å². The molecular formula is C55H41NO. The fourth-order valence-corrected chi connectivity index (χ4v) is 9.63. The quantitative estimate of drug-likeness (QED) is 0.164. The topological polar surface area (TPSA) is 16.4 Å². The molecule has 2 nitrogen and oxygen atoms in total. The van der Waals surface area contributed by atoms with Crippen molar-refractivity contribution >= 4 is 60.5 Å². The number of benzene rings is 9. The fraction of sp³-hybridized carbons (Fsp3) is 0.0909. The van der Waals surface area contributed by atoms with Gasteiger partial charge in [0.15, 0.2) is 0 Å². The van der Waals surface area contributed by atoms with Gasteiger partial charge in [0.25, 0.3) is 0 Å². The smallest absolute Gasteiger partial charge is 0.135 e. The third-order valence-corrected chi connectivity index (χ3v) is 12.3. The molecule has 0 saturated heterocycles. The average molecular weight is 732 g/mol. The molecule has 0 atom stereocenters. The van der Waals surface area contributed by atoms with Crippen LogP contribution in [-0.4, -0.2) is 0 Å². The normalized spacial score (nSPS) is 13.1. The summed E-state index contributed by atoms with van der Waals surface area (Å²) in [5.74, 6) is 0. The standard InChI is InChI=1S/C55H41NO/c1-34-13-11-15-38(29-34)56(39-16-12-14-35(2)30-39)40-25-27-42-41-26-23-37(32-49(41)55(3,4)50(42)33-40)54-46-20-7-5-18-44(46)53(45-19-6-8-21-47(45)54)36-24-28-52-48(31-36)43-17-9-10-22-51(43)57-52/h5-33H,1-4H3. The largest absolute Gasteiger partial charge is 0.456 e. The lowest BCUT2D eigenvalue weighted by atomic mass is 9.80. The summed E-state index contributed by atoms with van der Waals surface area (Å²) < 4.78 is 6.24. The van der Waals surface area contributed by atoms with E-state index < -0.39 is 0 Å². The van der Waals surface area contributed by atoms with E-state index in [1.165, 1.54) is 82.9 Å². The second-order valence-corrected chi connectivity index (χ2v) is 16.3. The number of fused-ring (bicyclic) bond motifs is 8. The Bertz CT molecular complexity index is 3150. The molecule has 10 aromatic rings. The van der Waals surface area contributed by atoms with Crippen LogP contribution in [0.15, 0.2) is 180 Å². The van der Waals surface area contributed by atoms with Crippen LogP contribution < -0.4 is 4.90 Å². The highest BCUT2D eigenvalue weighted by atomic mass is 16.3. The number of rotatable bonds is 5. The highest BCUT2D eigenvalue weighted by Crippen LogP contribution is 2.53. The number of nitrogens with zero attached hydrogens (tertiary/aromatic N) is 1. The summed E-state index contributed by atoms with van der Waals surface area (Å²) >= 11 is 0. The second kappa shape index (κ2) is 12.6. The van der Waals surface area contributed by atoms with Crippen molar-refractivity contribution in [1.82, 2.24) is 0 Å². The van der Waals surface area contributed by atoms with Gasteiger partial charge in [0.05, 0.1) is 0 Å². The SMILES string of the molecule is Cc1cccc(N(c2cccc(C)c2)c2ccc3c(c2)C(C)(C)c2cc(-c4c5ccccc5c(-c5ccc6oc7ccccc7c6c5)c5ccccc45)ccc2-3)c1. The van der Waals surface area contributed by atoms with Gasteiger partial charge in [0.1, 0.15) is 11.2 Å². The molecule has 0 spiro atoms.